The fourth-order valence-electron chi connectivity index (χ4n) is 1.50. The number of rotatable bonds is 2. The number of benzene rings is 2. The standard InChI is InChI=1S/C11H10O3S/c1-14-15-10-6-5-8(12)7-3-2-4-9(13)11(7)10/h2-6,12-13H,1H3. The maximum atomic E-state index is 9.72. The van der Waals surface area contributed by atoms with Crippen LogP contribution in [-0.2, 0) is 4.18 Å². The Hall–Kier alpha value is -1.39. The lowest BCUT2D eigenvalue weighted by Crippen LogP contribution is -1.80. The van der Waals surface area contributed by atoms with Crippen molar-refractivity contribution in [2.75, 3.05) is 7.11 Å². The zero-order valence-corrected chi connectivity index (χ0v) is 8.91. The van der Waals surface area contributed by atoms with E-state index in [0.717, 1.165) is 16.9 Å². The van der Waals surface area contributed by atoms with Crippen LogP contribution in [0.4, 0.5) is 0 Å². The molecule has 78 valence electrons. The highest BCUT2D eigenvalue weighted by molar-refractivity contribution is 7.94. The van der Waals surface area contributed by atoms with Gasteiger partial charge in [-0.3, -0.25) is 0 Å². The minimum Gasteiger partial charge on any atom is -0.507 e. The van der Waals surface area contributed by atoms with Gasteiger partial charge in [-0.05, 0) is 18.2 Å². The Morgan fingerprint density at radius 1 is 1.07 bits per heavy atom. The van der Waals surface area contributed by atoms with Crippen LogP contribution in [0.3, 0.4) is 0 Å². The van der Waals surface area contributed by atoms with Crippen molar-refractivity contribution in [3.8, 4) is 11.5 Å². The lowest BCUT2D eigenvalue weighted by Gasteiger charge is -2.07. The van der Waals surface area contributed by atoms with Crippen LogP contribution >= 0.6 is 12.0 Å². The normalized spacial score (nSPS) is 10.7. The Morgan fingerprint density at radius 2 is 1.87 bits per heavy atom. The van der Waals surface area contributed by atoms with E-state index in [0.29, 0.717) is 10.8 Å². The summed E-state index contributed by atoms with van der Waals surface area (Å²) in [7, 11) is 1.56. The largest absolute Gasteiger partial charge is 0.507 e. The van der Waals surface area contributed by atoms with Gasteiger partial charge in [0.2, 0.25) is 0 Å². The molecule has 0 aliphatic carbocycles. The van der Waals surface area contributed by atoms with E-state index in [1.807, 2.05) is 0 Å². The molecular formula is C11H10O3S. The Bertz CT molecular complexity index is 496. The molecule has 0 bridgehead atoms. The van der Waals surface area contributed by atoms with E-state index in [2.05, 4.69) is 0 Å². The van der Waals surface area contributed by atoms with Crippen molar-refractivity contribution in [1.29, 1.82) is 0 Å². The van der Waals surface area contributed by atoms with Crippen molar-refractivity contribution in [2.45, 2.75) is 4.90 Å². The highest BCUT2D eigenvalue weighted by atomic mass is 32.2. The van der Waals surface area contributed by atoms with Crippen molar-refractivity contribution in [3.63, 3.8) is 0 Å². The van der Waals surface area contributed by atoms with Crippen molar-refractivity contribution in [1.82, 2.24) is 0 Å². The number of hydrogen-bond acceptors (Lipinski definition) is 4. The van der Waals surface area contributed by atoms with Crippen LogP contribution in [0.25, 0.3) is 10.8 Å². The molecule has 2 rings (SSSR count). The molecule has 0 saturated heterocycles. The fraction of sp³-hybridized carbons (Fsp3) is 0.0909. The van der Waals surface area contributed by atoms with Crippen LogP contribution in [-0.4, -0.2) is 17.3 Å². The third-order valence-corrected chi connectivity index (χ3v) is 2.82. The van der Waals surface area contributed by atoms with Crippen molar-refractivity contribution >= 4 is 22.8 Å². The number of phenolic OH excluding ortho intramolecular Hbond substituents is 2. The minimum atomic E-state index is 0.142. The molecule has 0 heterocycles. The molecule has 0 fully saturated rings. The van der Waals surface area contributed by atoms with E-state index in [-0.39, 0.29) is 11.5 Å². The molecule has 0 aliphatic heterocycles. The van der Waals surface area contributed by atoms with Crippen LogP contribution in [0.2, 0.25) is 0 Å². The van der Waals surface area contributed by atoms with Gasteiger partial charge >= 0.3 is 0 Å². The summed E-state index contributed by atoms with van der Waals surface area (Å²) in [6.07, 6.45) is 0. The molecule has 15 heavy (non-hydrogen) atoms. The maximum absolute atomic E-state index is 9.72. The van der Waals surface area contributed by atoms with Gasteiger partial charge in [0.15, 0.2) is 0 Å². The minimum absolute atomic E-state index is 0.142. The first-order chi connectivity index (χ1) is 7.24. The van der Waals surface area contributed by atoms with E-state index in [1.165, 1.54) is 0 Å². The fourth-order valence-corrected chi connectivity index (χ4v) is 2.10. The van der Waals surface area contributed by atoms with Gasteiger partial charge in [0.05, 0.1) is 7.11 Å². The Labute approximate surface area is 91.5 Å². The second-order valence-electron chi connectivity index (χ2n) is 3.03. The van der Waals surface area contributed by atoms with E-state index in [9.17, 15) is 10.2 Å². The van der Waals surface area contributed by atoms with Crippen LogP contribution in [0.15, 0.2) is 35.2 Å². The molecule has 3 nitrogen and oxygen atoms in total. The molecule has 0 radical (unpaired) electrons. The molecular weight excluding hydrogens is 212 g/mol. The molecule has 0 aliphatic rings. The zero-order chi connectivity index (χ0) is 10.8. The number of hydrogen-bond donors (Lipinski definition) is 2. The third kappa shape index (κ3) is 1.73. The first-order valence-electron chi connectivity index (χ1n) is 4.38. The molecule has 2 N–H and O–H groups in total. The summed E-state index contributed by atoms with van der Waals surface area (Å²) < 4.78 is 4.95. The van der Waals surface area contributed by atoms with Crippen molar-refractivity contribution in [3.05, 3.63) is 30.3 Å². The molecule has 2 aromatic rings. The average Bonchev–Trinajstić information content (AvgIpc) is 2.23. The van der Waals surface area contributed by atoms with Gasteiger partial charge in [-0.15, -0.1) is 0 Å². The second kappa shape index (κ2) is 4.00. The number of aromatic hydroxyl groups is 2. The molecule has 0 unspecified atom stereocenters. The summed E-state index contributed by atoms with van der Waals surface area (Å²) in [6, 6.07) is 8.33. The predicted molar refractivity (Wildman–Crippen MR) is 60.1 cm³/mol. The van der Waals surface area contributed by atoms with Crippen molar-refractivity contribution < 1.29 is 14.4 Å². The van der Waals surface area contributed by atoms with Gasteiger partial charge in [-0.25, -0.2) is 0 Å². The molecule has 0 aromatic heterocycles. The summed E-state index contributed by atoms with van der Waals surface area (Å²) in [5.74, 6) is 0.296. The lowest BCUT2D eigenvalue weighted by atomic mass is 10.1. The quantitative estimate of drug-likeness (QED) is 0.767. The van der Waals surface area contributed by atoms with E-state index in [1.54, 1.807) is 37.4 Å². The second-order valence-corrected chi connectivity index (χ2v) is 3.97. The van der Waals surface area contributed by atoms with Crippen LogP contribution in [0.5, 0.6) is 11.5 Å². The van der Waals surface area contributed by atoms with E-state index in [4.69, 9.17) is 4.18 Å². The average molecular weight is 222 g/mol. The SMILES string of the molecule is COSc1ccc(O)c2cccc(O)c12. The van der Waals surface area contributed by atoms with E-state index >= 15 is 0 Å². The Morgan fingerprint density at radius 3 is 2.60 bits per heavy atom. The third-order valence-electron chi connectivity index (χ3n) is 2.13. The van der Waals surface area contributed by atoms with Gasteiger partial charge < -0.3 is 14.4 Å². The molecule has 0 spiro atoms. The molecule has 0 amide bonds. The van der Waals surface area contributed by atoms with Gasteiger partial charge in [0, 0.05) is 27.7 Å². The van der Waals surface area contributed by atoms with Crippen LogP contribution in [0, 0.1) is 0 Å². The van der Waals surface area contributed by atoms with Crippen molar-refractivity contribution in [2.24, 2.45) is 0 Å². The monoisotopic (exact) mass is 222 g/mol. The molecule has 0 saturated carbocycles. The van der Waals surface area contributed by atoms with Crippen LogP contribution < -0.4 is 0 Å². The van der Waals surface area contributed by atoms with Gasteiger partial charge in [0.1, 0.15) is 11.5 Å². The summed E-state index contributed by atoms with van der Waals surface area (Å²) >= 11 is 1.16. The summed E-state index contributed by atoms with van der Waals surface area (Å²) in [5, 5.41) is 20.6. The molecule has 4 heteroatoms. The summed E-state index contributed by atoms with van der Waals surface area (Å²) in [6.45, 7) is 0. The first kappa shape index (κ1) is 10.1. The smallest absolute Gasteiger partial charge is 0.124 e. The zero-order valence-electron chi connectivity index (χ0n) is 8.10. The highest BCUT2D eigenvalue weighted by Gasteiger charge is 2.09. The highest BCUT2D eigenvalue weighted by Crippen LogP contribution is 2.38. The molecule has 2 aromatic carbocycles. The Kier molecular flexibility index (Phi) is 2.70. The summed E-state index contributed by atoms with van der Waals surface area (Å²) in [5.41, 5.74) is 0. The van der Waals surface area contributed by atoms with Gasteiger partial charge in [0.25, 0.3) is 0 Å². The van der Waals surface area contributed by atoms with Gasteiger partial charge in [-0.1, -0.05) is 12.1 Å². The topological polar surface area (TPSA) is 49.7 Å². The number of fused-ring (bicyclic) bond motifs is 1. The molecule has 0 atom stereocenters. The van der Waals surface area contributed by atoms with Gasteiger partial charge in [-0.2, -0.15) is 0 Å². The lowest BCUT2D eigenvalue weighted by molar-refractivity contribution is 0.473. The first-order valence-corrected chi connectivity index (χ1v) is 5.12. The predicted octanol–water partition coefficient (Wildman–Crippen LogP) is 2.90. The summed E-state index contributed by atoms with van der Waals surface area (Å²) in [4.78, 5) is 0.781. The van der Waals surface area contributed by atoms with E-state index < -0.39 is 0 Å². The maximum Gasteiger partial charge on any atom is 0.124 e. The number of phenols is 2. The van der Waals surface area contributed by atoms with Crippen LogP contribution in [0.1, 0.15) is 0 Å². The Balaban J connectivity index is 2.78.